The summed E-state index contributed by atoms with van der Waals surface area (Å²) < 4.78 is 15.8. The number of carbonyl (C=O) groups excluding carboxylic acids is 3. The van der Waals surface area contributed by atoms with E-state index in [0.717, 1.165) is 18.6 Å². The molecule has 1 aliphatic heterocycles. The monoisotopic (exact) mass is 406 g/mol. The van der Waals surface area contributed by atoms with E-state index in [2.05, 4.69) is 6.58 Å². The second-order valence-corrected chi connectivity index (χ2v) is 7.13. The first kappa shape index (κ1) is 22.6. The van der Waals surface area contributed by atoms with Crippen molar-refractivity contribution in [1.82, 2.24) is 0 Å². The highest BCUT2D eigenvalue weighted by Gasteiger charge is 2.45. The molecule has 0 radical (unpaired) electrons. The summed E-state index contributed by atoms with van der Waals surface area (Å²) in [4.78, 5) is 36.0. The molecule has 0 spiro atoms. The number of ether oxygens (including phenoxy) is 3. The quantitative estimate of drug-likeness (QED) is 0.237. The molecule has 29 heavy (non-hydrogen) atoms. The minimum absolute atomic E-state index is 0.153. The Morgan fingerprint density at radius 3 is 2.69 bits per heavy atom. The van der Waals surface area contributed by atoms with Gasteiger partial charge in [0.1, 0.15) is 12.2 Å². The summed E-state index contributed by atoms with van der Waals surface area (Å²) in [5, 5.41) is 19.3. The number of rotatable bonds is 4. The summed E-state index contributed by atoms with van der Waals surface area (Å²) in [5.74, 6) is -3.41. The van der Waals surface area contributed by atoms with Crippen molar-refractivity contribution in [2.45, 2.75) is 51.9 Å². The molecule has 0 aromatic heterocycles. The average Bonchev–Trinajstić information content (AvgIpc) is 2.91. The number of aliphatic hydroxyl groups is 2. The van der Waals surface area contributed by atoms with Gasteiger partial charge in [0, 0.05) is 18.9 Å². The first-order valence-corrected chi connectivity index (χ1v) is 9.26. The zero-order chi connectivity index (χ0) is 21.7. The van der Waals surface area contributed by atoms with Crippen LogP contribution in [0, 0.1) is 5.92 Å². The number of fused-ring (bicyclic) bond motifs is 1. The molecule has 4 unspecified atom stereocenters. The molecular weight excluding hydrogens is 380 g/mol. The first-order valence-electron chi connectivity index (χ1n) is 9.26. The van der Waals surface area contributed by atoms with Crippen LogP contribution in [0.3, 0.4) is 0 Å². The molecule has 1 saturated heterocycles. The van der Waals surface area contributed by atoms with Gasteiger partial charge in [-0.25, -0.2) is 9.59 Å². The fourth-order valence-corrected chi connectivity index (χ4v) is 3.29. The highest BCUT2D eigenvalue weighted by Crippen LogP contribution is 2.36. The molecule has 1 heterocycles. The Balaban J connectivity index is 2.39. The molecule has 0 aromatic carbocycles. The third-order valence-electron chi connectivity index (χ3n) is 4.82. The van der Waals surface area contributed by atoms with Crippen molar-refractivity contribution in [1.29, 1.82) is 0 Å². The highest BCUT2D eigenvalue weighted by atomic mass is 16.6. The minimum Gasteiger partial charge on any atom is -0.455 e. The molecule has 8 nitrogen and oxygen atoms in total. The normalized spacial score (nSPS) is 28.0. The van der Waals surface area contributed by atoms with E-state index in [-0.39, 0.29) is 12.0 Å². The summed E-state index contributed by atoms with van der Waals surface area (Å²) >= 11 is 0. The van der Waals surface area contributed by atoms with Crippen molar-refractivity contribution in [3.63, 3.8) is 0 Å². The van der Waals surface area contributed by atoms with Gasteiger partial charge in [0.25, 0.3) is 0 Å². The average molecular weight is 406 g/mol. The SMILES string of the molecule is C=C1C(=O)OC2C=C(C)C(O)CC=C(C)CC(OC(=O)C(=CCO)OC(C)=O)C12. The van der Waals surface area contributed by atoms with E-state index < -0.39 is 54.5 Å². The lowest BCUT2D eigenvalue weighted by Crippen LogP contribution is -2.34. The molecule has 2 aliphatic rings. The molecule has 2 rings (SSSR count). The van der Waals surface area contributed by atoms with Crippen molar-refractivity contribution in [2.75, 3.05) is 6.61 Å². The number of hydrogen-bond acceptors (Lipinski definition) is 8. The van der Waals surface area contributed by atoms with E-state index in [1.165, 1.54) is 0 Å². The number of aliphatic hydroxyl groups excluding tert-OH is 2. The third kappa shape index (κ3) is 5.65. The molecule has 0 bridgehead atoms. The van der Waals surface area contributed by atoms with Crippen LogP contribution >= 0.6 is 0 Å². The molecule has 1 fully saturated rings. The van der Waals surface area contributed by atoms with Crippen LogP contribution in [0.2, 0.25) is 0 Å². The first-order chi connectivity index (χ1) is 13.6. The van der Waals surface area contributed by atoms with Gasteiger partial charge in [0.2, 0.25) is 5.76 Å². The van der Waals surface area contributed by atoms with E-state index in [1.807, 2.05) is 13.0 Å². The van der Waals surface area contributed by atoms with Gasteiger partial charge in [-0.15, -0.1) is 0 Å². The molecular formula is C21H26O8. The van der Waals surface area contributed by atoms with Gasteiger partial charge >= 0.3 is 17.9 Å². The topological polar surface area (TPSA) is 119 Å². The van der Waals surface area contributed by atoms with Gasteiger partial charge in [0.15, 0.2) is 0 Å². The summed E-state index contributed by atoms with van der Waals surface area (Å²) in [6.45, 7) is 7.93. The number of carbonyl (C=O) groups is 3. The van der Waals surface area contributed by atoms with Crippen LogP contribution in [0.4, 0.5) is 0 Å². The fraction of sp³-hybridized carbons (Fsp3) is 0.476. The zero-order valence-electron chi connectivity index (χ0n) is 16.7. The smallest absolute Gasteiger partial charge is 0.374 e. The van der Waals surface area contributed by atoms with Gasteiger partial charge in [-0.2, -0.15) is 0 Å². The van der Waals surface area contributed by atoms with Crippen LogP contribution in [0.25, 0.3) is 0 Å². The van der Waals surface area contributed by atoms with Crippen molar-refractivity contribution in [3.8, 4) is 0 Å². The highest BCUT2D eigenvalue weighted by molar-refractivity contribution is 5.92. The van der Waals surface area contributed by atoms with Gasteiger partial charge in [-0.3, -0.25) is 4.79 Å². The number of esters is 3. The lowest BCUT2D eigenvalue weighted by molar-refractivity contribution is -0.156. The van der Waals surface area contributed by atoms with E-state index in [1.54, 1.807) is 13.0 Å². The Hall–Kier alpha value is -2.71. The third-order valence-corrected chi connectivity index (χ3v) is 4.82. The minimum atomic E-state index is -0.948. The van der Waals surface area contributed by atoms with Crippen molar-refractivity contribution in [3.05, 3.63) is 47.3 Å². The maximum Gasteiger partial charge on any atom is 0.374 e. The van der Waals surface area contributed by atoms with E-state index in [9.17, 15) is 19.5 Å². The van der Waals surface area contributed by atoms with Crippen LogP contribution in [0.1, 0.15) is 33.6 Å². The lowest BCUT2D eigenvalue weighted by Gasteiger charge is -2.28. The van der Waals surface area contributed by atoms with Crippen molar-refractivity contribution in [2.24, 2.45) is 5.92 Å². The molecule has 0 saturated carbocycles. The Morgan fingerprint density at radius 1 is 1.38 bits per heavy atom. The fourth-order valence-electron chi connectivity index (χ4n) is 3.29. The van der Waals surface area contributed by atoms with Gasteiger partial charge in [0.05, 0.1) is 18.6 Å². The summed E-state index contributed by atoms with van der Waals surface area (Å²) in [6.07, 6.45) is 2.80. The van der Waals surface area contributed by atoms with E-state index >= 15 is 0 Å². The van der Waals surface area contributed by atoms with Gasteiger partial charge < -0.3 is 24.4 Å². The molecule has 8 heteroatoms. The van der Waals surface area contributed by atoms with Crippen LogP contribution in [0.5, 0.6) is 0 Å². The second kappa shape index (κ2) is 9.67. The second-order valence-electron chi connectivity index (χ2n) is 7.13. The number of hydrogen-bond donors (Lipinski definition) is 2. The maximum absolute atomic E-state index is 12.6. The van der Waals surface area contributed by atoms with Crippen molar-refractivity contribution < 1.29 is 38.8 Å². The molecule has 1 aliphatic carbocycles. The maximum atomic E-state index is 12.6. The molecule has 158 valence electrons. The van der Waals surface area contributed by atoms with Crippen molar-refractivity contribution >= 4 is 17.9 Å². The molecule has 0 aromatic rings. The summed E-state index contributed by atoms with van der Waals surface area (Å²) in [5.41, 5.74) is 1.61. The summed E-state index contributed by atoms with van der Waals surface area (Å²) in [6, 6.07) is 0. The Labute approximate surface area is 169 Å². The lowest BCUT2D eigenvalue weighted by atomic mass is 9.85. The van der Waals surface area contributed by atoms with Crippen LogP contribution in [-0.2, 0) is 28.6 Å². The van der Waals surface area contributed by atoms with Gasteiger partial charge in [-0.1, -0.05) is 18.2 Å². The largest absolute Gasteiger partial charge is 0.455 e. The van der Waals surface area contributed by atoms with Gasteiger partial charge in [-0.05, 0) is 38.0 Å². The summed E-state index contributed by atoms with van der Waals surface area (Å²) in [7, 11) is 0. The van der Waals surface area contributed by atoms with Crippen LogP contribution in [-0.4, -0.2) is 53.0 Å². The standard InChI is InChI=1S/C21H26O8/c1-11-5-6-15(24)12(2)10-18-19(13(3)20(25)28-18)17(9-11)29-21(26)16(7-8-22)27-14(4)23/h5,7,10,15,17-19,22,24H,3,6,8-9H2,1-2,4H3. The molecule has 2 N–H and O–H groups in total. The molecule has 0 amide bonds. The predicted octanol–water partition coefficient (Wildman–Crippen LogP) is 1.48. The van der Waals surface area contributed by atoms with E-state index in [0.29, 0.717) is 12.0 Å². The molecule has 4 atom stereocenters. The Bertz CT molecular complexity index is 789. The Kier molecular flexibility index (Phi) is 7.53. The van der Waals surface area contributed by atoms with E-state index in [4.69, 9.17) is 19.3 Å². The van der Waals surface area contributed by atoms with Crippen LogP contribution in [0.15, 0.2) is 47.3 Å². The Morgan fingerprint density at radius 2 is 2.07 bits per heavy atom. The zero-order valence-corrected chi connectivity index (χ0v) is 16.7. The predicted molar refractivity (Wildman–Crippen MR) is 102 cm³/mol. The van der Waals surface area contributed by atoms with Crippen LogP contribution < -0.4 is 0 Å².